The zero-order chi connectivity index (χ0) is 13.0. The summed E-state index contributed by atoms with van der Waals surface area (Å²) < 4.78 is 0.970. The molecule has 0 saturated heterocycles. The average Bonchev–Trinajstić information content (AvgIpc) is 2.41. The Morgan fingerprint density at radius 1 is 1.17 bits per heavy atom. The SMILES string of the molecule is C=CC(=O)Nc1ccc(Br)cc1-c1ccccc1. The van der Waals surface area contributed by atoms with Gasteiger partial charge in [-0.3, -0.25) is 4.79 Å². The number of rotatable bonds is 3. The molecule has 2 aromatic rings. The monoisotopic (exact) mass is 301 g/mol. The minimum Gasteiger partial charge on any atom is -0.322 e. The molecule has 0 aliphatic carbocycles. The lowest BCUT2D eigenvalue weighted by Gasteiger charge is -2.10. The number of carbonyl (C=O) groups is 1. The van der Waals surface area contributed by atoms with Gasteiger partial charge in [0.1, 0.15) is 0 Å². The van der Waals surface area contributed by atoms with Gasteiger partial charge in [-0.25, -0.2) is 0 Å². The maximum absolute atomic E-state index is 11.4. The van der Waals surface area contributed by atoms with Gasteiger partial charge in [0.25, 0.3) is 0 Å². The third-order valence-corrected chi connectivity index (χ3v) is 3.00. The molecule has 0 fully saturated rings. The first-order valence-electron chi connectivity index (χ1n) is 5.49. The topological polar surface area (TPSA) is 29.1 Å². The molecule has 90 valence electrons. The minimum absolute atomic E-state index is 0.213. The normalized spacial score (nSPS) is 9.83. The molecule has 1 N–H and O–H groups in total. The summed E-state index contributed by atoms with van der Waals surface area (Å²) in [4.78, 5) is 11.4. The minimum atomic E-state index is -0.213. The highest BCUT2D eigenvalue weighted by atomic mass is 79.9. The van der Waals surface area contributed by atoms with E-state index < -0.39 is 0 Å². The number of hydrogen-bond acceptors (Lipinski definition) is 1. The van der Waals surface area contributed by atoms with Crippen LogP contribution in [0.3, 0.4) is 0 Å². The molecular weight excluding hydrogens is 290 g/mol. The van der Waals surface area contributed by atoms with Crippen molar-refractivity contribution in [3.63, 3.8) is 0 Å². The van der Waals surface area contributed by atoms with Gasteiger partial charge in [-0.15, -0.1) is 0 Å². The van der Waals surface area contributed by atoms with E-state index in [0.29, 0.717) is 0 Å². The van der Waals surface area contributed by atoms with Gasteiger partial charge in [-0.1, -0.05) is 52.8 Å². The number of nitrogens with one attached hydrogen (secondary N) is 1. The number of carbonyl (C=O) groups excluding carboxylic acids is 1. The third kappa shape index (κ3) is 2.87. The Bertz CT molecular complexity index is 578. The molecule has 0 bridgehead atoms. The quantitative estimate of drug-likeness (QED) is 0.844. The summed E-state index contributed by atoms with van der Waals surface area (Å²) in [5.74, 6) is -0.213. The van der Waals surface area contributed by atoms with Crippen LogP contribution in [0.15, 0.2) is 65.7 Å². The van der Waals surface area contributed by atoms with Crippen molar-refractivity contribution in [3.05, 3.63) is 65.7 Å². The van der Waals surface area contributed by atoms with Crippen LogP contribution in [0.1, 0.15) is 0 Å². The molecule has 2 rings (SSSR count). The van der Waals surface area contributed by atoms with Gasteiger partial charge in [0.15, 0.2) is 0 Å². The Morgan fingerprint density at radius 3 is 2.56 bits per heavy atom. The fraction of sp³-hybridized carbons (Fsp3) is 0. The highest BCUT2D eigenvalue weighted by molar-refractivity contribution is 9.10. The zero-order valence-electron chi connectivity index (χ0n) is 9.69. The van der Waals surface area contributed by atoms with E-state index in [1.165, 1.54) is 6.08 Å². The molecule has 2 aromatic carbocycles. The Balaban J connectivity index is 2.47. The zero-order valence-corrected chi connectivity index (χ0v) is 11.3. The molecule has 0 heterocycles. The lowest BCUT2D eigenvalue weighted by molar-refractivity contribution is -0.111. The standard InChI is InChI=1S/C15H12BrNO/c1-2-15(18)17-14-9-8-12(16)10-13(14)11-6-4-3-5-7-11/h2-10H,1H2,(H,17,18). The van der Waals surface area contributed by atoms with E-state index in [1.807, 2.05) is 48.5 Å². The number of halogens is 1. The maximum Gasteiger partial charge on any atom is 0.247 e. The summed E-state index contributed by atoms with van der Waals surface area (Å²) in [6.45, 7) is 3.46. The second-order valence-corrected chi connectivity index (χ2v) is 4.66. The van der Waals surface area contributed by atoms with Crippen LogP contribution < -0.4 is 5.32 Å². The second kappa shape index (κ2) is 5.65. The van der Waals surface area contributed by atoms with Gasteiger partial charge in [0.05, 0.1) is 0 Å². The Kier molecular flexibility index (Phi) is 3.95. The average molecular weight is 302 g/mol. The largest absolute Gasteiger partial charge is 0.322 e. The Labute approximate surface area is 114 Å². The van der Waals surface area contributed by atoms with Crippen LogP contribution in [0.5, 0.6) is 0 Å². The van der Waals surface area contributed by atoms with Crippen LogP contribution in [-0.4, -0.2) is 5.91 Å². The van der Waals surface area contributed by atoms with Crippen molar-refractivity contribution in [2.24, 2.45) is 0 Å². The van der Waals surface area contributed by atoms with E-state index in [0.717, 1.165) is 21.3 Å². The highest BCUT2D eigenvalue weighted by Gasteiger charge is 2.07. The van der Waals surface area contributed by atoms with Gasteiger partial charge in [-0.2, -0.15) is 0 Å². The van der Waals surface area contributed by atoms with E-state index in [1.54, 1.807) is 0 Å². The molecule has 0 aromatic heterocycles. The number of anilines is 1. The highest BCUT2D eigenvalue weighted by Crippen LogP contribution is 2.30. The molecule has 0 spiro atoms. The molecule has 0 aliphatic rings. The summed E-state index contributed by atoms with van der Waals surface area (Å²) >= 11 is 3.44. The first-order valence-corrected chi connectivity index (χ1v) is 6.28. The lowest BCUT2D eigenvalue weighted by atomic mass is 10.0. The van der Waals surface area contributed by atoms with Gasteiger partial charge in [0, 0.05) is 15.7 Å². The predicted octanol–water partition coefficient (Wildman–Crippen LogP) is 4.24. The fourth-order valence-electron chi connectivity index (χ4n) is 1.67. The maximum atomic E-state index is 11.4. The molecule has 0 aliphatic heterocycles. The number of hydrogen-bond donors (Lipinski definition) is 1. The Morgan fingerprint density at radius 2 is 1.89 bits per heavy atom. The van der Waals surface area contributed by atoms with Crippen LogP contribution in [0.2, 0.25) is 0 Å². The van der Waals surface area contributed by atoms with Crippen molar-refractivity contribution in [2.45, 2.75) is 0 Å². The van der Waals surface area contributed by atoms with Crippen LogP contribution in [0.4, 0.5) is 5.69 Å². The van der Waals surface area contributed by atoms with E-state index in [4.69, 9.17) is 0 Å². The first kappa shape index (κ1) is 12.6. The molecule has 0 radical (unpaired) electrons. The van der Waals surface area contributed by atoms with Crippen molar-refractivity contribution in [3.8, 4) is 11.1 Å². The summed E-state index contributed by atoms with van der Waals surface area (Å²) in [5, 5.41) is 2.81. The summed E-state index contributed by atoms with van der Waals surface area (Å²) in [7, 11) is 0. The fourth-order valence-corrected chi connectivity index (χ4v) is 2.03. The van der Waals surface area contributed by atoms with E-state index >= 15 is 0 Å². The summed E-state index contributed by atoms with van der Waals surface area (Å²) in [5.41, 5.74) is 2.80. The van der Waals surface area contributed by atoms with Crippen LogP contribution in [0.25, 0.3) is 11.1 Å². The predicted molar refractivity (Wildman–Crippen MR) is 78.4 cm³/mol. The first-order chi connectivity index (χ1) is 8.70. The molecule has 18 heavy (non-hydrogen) atoms. The molecular formula is C15H12BrNO. The van der Waals surface area contributed by atoms with Gasteiger partial charge in [-0.05, 0) is 29.8 Å². The third-order valence-electron chi connectivity index (χ3n) is 2.51. The molecule has 3 heteroatoms. The molecule has 1 amide bonds. The number of amides is 1. The van der Waals surface area contributed by atoms with Gasteiger partial charge < -0.3 is 5.32 Å². The van der Waals surface area contributed by atoms with E-state index in [2.05, 4.69) is 27.8 Å². The second-order valence-electron chi connectivity index (χ2n) is 3.75. The smallest absolute Gasteiger partial charge is 0.247 e. The molecule has 0 unspecified atom stereocenters. The number of benzene rings is 2. The summed E-state index contributed by atoms with van der Waals surface area (Å²) in [6.07, 6.45) is 1.26. The molecule has 0 atom stereocenters. The van der Waals surface area contributed by atoms with Crippen molar-refractivity contribution < 1.29 is 4.79 Å². The van der Waals surface area contributed by atoms with Crippen molar-refractivity contribution in [1.82, 2.24) is 0 Å². The summed E-state index contributed by atoms with van der Waals surface area (Å²) in [6, 6.07) is 15.7. The van der Waals surface area contributed by atoms with Gasteiger partial charge >= 0.3 is 0 Å². The Hall–Kier alpha value is -1.87. The van der Waals surface area contributed by atoms with Crippen molar-refractivity contribution in [1.29, 1.82) is 0 Å². The molecule has 2 nitrogen and oxygen atoms in total. The van der Waals surface area contributed by atoms with Gasteiger partial charge in [0.2, 0.25) is 5.91 Å². The molecule has 0 saturated carbocycles. The van der Waals surface area contributed by atoms with Crippen LogP contribution in [0, 0.1) is 0 Å². The van der Waals surface area contributed by atoms with Crippen LogP contribution >= 0.6 is 15.9 Å². The van der Waals surface area contributed by atoms with E-state index in [-0.39, 0.29) is 5.91 Å². The van der Waals surface area contributed by atoms with Crippen LogP contribution in [-0.2, 0) is 4.79 Å². The van der Waals surface area contributed by atoms with Crippen molar-refractivity contribution in [2.75, 3.05) is 5.32 Å². The van der Waals surface area contributed by atoms with E-state index in [9.17, 15) is 4.79 Å². The van der Waals surface area contributed by atoms with Crippen molar-refractivity contribution >= 4 is 27.5 Å². The lowest BCUT2D eigenvalue weighted by Crippen LogP contribution is -2.08.